The Bertz CT molecular complexity index is 363. The Labute approximate surface area is 89.9 Å². The van der Waals surface area contributed by atoms with Crippen molar-refractivity contribution in [3.05, 3.63) is 53.6 Å². The summed E-state index contributed by atoms with van der Waals surface area (Å²) in [5, 5.41) is 0. The third kappa shape index (κ3) is 1.91. The van der Waals surface area contributed by atoms with E-state index in [9.17, 15) is 0 Å². The molecule has 0 N–H and O–H groups in total. The van der Waals surface area contributed by atoms with Crippen molar-refractivity contribution >= 4 is 17.7 Å². The molecule has 0 aliphatic heterocycles. The van der Waals surface area contributed by atoms with E-state index in [-0.39, 0.29) is 0 Å². The molecule has 0 nitrogen and oxygen atoms in total. The average molecular weight is 205 g/mol. The van der Waals surface area contributed by atoms with Crippen molar-refractivity contribution in [2.45, 2.75) is 12.3 Å². The summed E-state index contributed by atoms with van der Waals surface area (Å²) in [5.41, 5.74) is 2.79. The maximum absolute atomic E-state index is 5.58. The van der Waals surface area contributed by atoms with E-state index in [0.717, 1.165) is 6.42 Å². The molecule has 2 rings (SSSR count). The molecule has 0 fully saturated rings. The van der Waals surface area contributed by atoms with Gasteiger partial charge < -0.3 is 0 Å². The zero-order valence-corrected chi connectivity index (χ0v) is 8.74. The summed E-state index contributed by atoms with van der Waals surface area (Å²) in [6.45, 7) is 0. The van der Waals surface area contributed by atoms with Crippen molar-refractivity contribution in [1.82, 2.24) is 0 Å². The predicted octanol–water partition coefficient (Wildman–Crippen LogP) is 3.98. The molecule has 14 heavy (non-hydrogen) atoms. The minimum atomic E-state index is 0.547. The van der Waals surface area contributed by atoms with E-state index in [0.29, 0.717) is 11.8 Å². The van der Waals surface area contributed by atoms with Gasteiger partial charge in [0.2, 0.25) is 0 Å². The fraction of sp³-hybridized carbons (Fsp3) is 0.231. The highest BCUT2D eigenvalue weighted by Crippen LogP contribution is 2.32. The quantitative estimate of drug-likeness (QED) is 0.516. The summed E-state index contributed by atoms with van der Waals surface area (Å²) in [5.74, 6) is 1.16. The summed E-state index contributed by atoms with van der Waals surface area (Å²) in [4.78, 5) is 0. The highest BCUT2D eigenvalue weighted by Gasteiger charge is 2.14. The summed E-state index contributed by atoms with van der Waals surface area (Å²) in [6, 6.07) is 8.55. The van der Waals surface area contributed by atoms with Crippen LogP contribution in [-0.2, 0) is 0 Å². The lowest BCUT2D eigenvalue weighted by Crippen LogP contribution is -1.90. The second-order valence-corrected chi connectivity index (χ2v) is 3.76. The number of hydrogen-bond acceptors (Lipinski definition) is 0. The Morgan fingerprint density at radius 2 is 2.07 bits per heavy atom. The summed E-state index contributed by atoms with van der Waals surface area (Å²) in [7, 11) is 0. The minimum Gasteiger partial charge on any atom is -0.122 e. The number of allylic oxidation sites excluding steroid dienone is 3. The molecule has 0 heterocycles. The van der Waals surface area contributed by atoms with Crippen LogP contribution in [0.25, 0.3) is 6.08 Å². The molecule has 1 aromatic carbocycles. The first-order valence-corrected chi connectivity index (χ1v) is 5.43. The number of alkyl halides is 1. The maximum Gasteiger partial charge on any atom is 0.0404 e. The van der Waals surface area contributed by atoms with Gasteiger partial charge in [0, 0.05) is 11.8 Å². The van der Waals surface area contributed by atoms with Gasteiger partial charge in [-0.1, -0.05) is 48.6 Å². The minimum absolute atomic E-state index is 0.547. The van der Waals surface area contributed by atoms with Crippen molar-refractivity contribution in [3.8, 4) is 0 Å². The van der Waals surface area contributed by atoms with Crippen molar-refractivity contribution < 1.29 is 0 Å². The van der Waals surface area contributed by atoms with Gasteiger partial charge in [-0.25, -0.2) is 0 Å². The topological polar surface area (TPSA) is 0 Å². The molecule has 0 saturated carbocycles. The monoisotopic (exact) mass is 204 g/mol. The van der Waals surface area contributed by atoms with Gasteiger partial charge >= 0.3 is 0 Å². The molecule has 0 saturated heterocycles. The predicted molar refractivity (Wildman–Crippen MR) is 62.7 cm³/mol. The van der Waals surface area contributed by atoms with Crippen LogP contribution >= 0.6 is 11.6 Å². The standard InChI is InChI=1S/C13H13Cl/c14-10-4-3-6-12-9-8-11-5-1-2-7-13(11)12/h1-5,7-9,12H,6,10H2/b4-3+. The molecule has 0 amide bonds. The van der Waals surface area contributed by atoms with Crippen LogP contribution in [0.1, 0.15) is 23.5 Å². The Hall–Kier alpha value is -1.01. The van der Waals surface area contributed by atoms with E-state index in [1.807, 2.05) is 6.08 Å². The molecule has 1 aliphatic carbocycles. The lowest BCUT2D eigenvalue weighted by Gasteiger charge is -2.07. The normalized spacial score (nSPS) is 19.1. The fourth-order valence-electron chi connectivity index (χ4n) is 1.84. The number of halogens is 1. The van der Waals surface area contributed by atoms with Crippen molar-refractivity contribution in [2.75, 3.05) is 5.88 Å². The van der Waals surface area contributed by atoms with Gasteiger partial charge in [-0.2, -0.15) is 0 Å². The van der Waals surface area contributed by atoms with E-state index in [1.54, 1.807) is 0 Å². The molecule has 1 aromatic rings. The SMILES string of the molecule is ClC/C=C/CC1C=Cc2ccccc21. The highest BCUT2D eigenvalue weighted by atomic mass is 35.5. The summed E-state index contributed by atoms with van der Waals surface area (Å²) >= 11 is 5.58. The van der Waals surface area contributed by atoms with Crippen molar-refractivity contribution in [3.63, 3.8) is 0 Å². The third-order valence-electron chi connectivity index (χ3n) is 2.55. The first-order valence-electron chi connectivity index (χ1n) is 4.90. The smallest absolute Gasteiger partial charge is 0.0404 e. The molecule has 0 aromatic heterocycles. The summed E-state index contributed by atoms with van der Waals surface area (Å²) in [6.07, 6.45) is 9.69. The summed E-state index contributed by atoms with van der Waals surface area (Å²) < 4.78 is 0. The van der Waals surface area contributed by atoms with Gasteiger partial charge in [-0.05, 0) is 17.5 Å². The zero-order valence-electron chi connectivity index (χ0n) is 7.99. The third-order valence-corrected chi connectivity index (χ3v) is 2.73. The molecule has 0 radical (unpaired) electrons. The molecule has 1 atom stereocenters. The number of hydrogen-bond donors (Lipinski definition) is 0. The van der Waals surface area contributed by atoms with Crippen LogP contribution in [0.15, 0.2) is 42.5 Å². The zero-order chi connectivity index (χ0) is 9.80. The van der Waals surface area contributed by atoms with Crippen LogP contribution in [0.3, 0.4) is 0 Å². The number of rotatable bonds is 3. The van der Waals surface area contributed by atoms with Gasteiger partial charge in [0.15, 0.2) is 0 Å². The lowest BCUT2D eigenvalue weighted by molar-refractivity contribution is 0.879. The van der Waals surface area contributed by atoms with Gasteiger partial charge in [0.25, 0.3) is 0 Å². The number of benzene rings is 1. The molecule has 72 valence electrons. The first kappa shape index (κ1) is 9.54. The van der Waals surface area contributed by atoms with E-state index in [2.05, 4.69) is 42.5 Å². The van der Waals surface area contributed by atoms with E-state index >= 15 is 0 Å². The molecule has 1 aliphatic rings. The number of fused-ring (bicyclic) bond motifs is 1. The Kier molecular flexibility index (Phi) is 3.05. The molecule has 0 bridgehead atoms. The second kappa shape index (κ2) is 4.47. The van der Waals surface area contributed by atoms with Crippen LogP contribution in [0.5, 0.6) is 0 Å². The van der Waals surface area contributed by atoms with Crippen molar-refractivity contribution in [1.29, 1.82) is 0 Å². The van der Waals surface area contributed by atoms with E-state index in [1.165, 1.54) is 11.1 Å². The molecule has 0 spiro atoms. The second-order valence-electron chi connectivity index (χ2n) is 3.46. The van der Waals surface area contributed by atoms with Crippen LogP contribution in [-0.4, -0.2) is 5.88 Å². The maximum atomic E-state index is 5.58. The van der Waals surface area contributed by atoms with Crippen LogP contribution in [0.2, 0.25) is 0 Å². The lowest BCUT2D eigenvalue weighted by atomic mass is 9.98. The van der Waals surface area contributed by atoms with Crippen LogP contribution < -0.4 is 0 Å². The Balaban J connectivity index is 2.11. The van der Waals surface area contributed by atoms with Gasteiger partial charge in [-0.3, -0.25) is 0 Å². The molecular formula is C13H13Cl. The highest BCUT2D eigenvalue weighted by molar-refractivity contribution is 6.18. The average Bonchev–Trinajstić information content (AvgIpc) is 2.63. The largest absolute Gasteiger partial charge is 0.122 e. The van der Waals surface area contributed by atoms with E-state index in [4.69, 9.17) is 11.6 Å². The molecule has 1 heteroatoms. The molecule has 1 unspecified atom stereocenters. The van der Waals surface area contributed by atoms with Crippen LogP contribution in [0.4, 0.5) is 0 Å². The Morgan fingerprint density at radius 3 is 2.93 bits per heavy atom. The fourth-order valence-corrected chi connectivity index (χ4v) is 1.96. The Morgan fingerprint density at radius 1 is 1.21 bits per heavy atom. The first-order chi connectivity index (χ1) is 6.92. The van der Waals surface area contributed by atoms with Gasteiger partial charge in [0.1, 0.15) is 0 Å². The molecular weight excluding hydrogens is 192 g/mol. The van der Waals surface area contributed by atoms with Crippen molar-refractivity contribution in [2.24, 2.45) is 0 Å². The van der Waals surface area contributed by atoms with Gasteiger partial charge in [-0.15, -0.1) is 11.6 Å². The van der Waals surface area contributed by atoms with Gasteiger partial charge in [0.05, 0.1) is 0 Å². The van der Waals surface area contributed by atoms with Crippen LogP contribution in [0, 0.1) is 0 Å². The van der Waals surface area contributed by atoms with E-state index < -0.39 is 0 Å².